The van der Waals surface area contributed by atoms with Gasteiger partial charge in [0.05, 0.1) is 12.5 Å². The lowest BCUT2D eigenvalue weighted by atomic mass is 9.99. The summed E-state index contributed by atoms with van der Waals surface area (Å²) in [6, 6.07) is 9.82. The quantitative estimate of drug-likeness (QED) is 0.619. The van der Waals surface area contributed by atoms with Gasteiger partial charge in [-0.1, -0.05) is 6.07 Å². The average molecular weight is 392 g/mol. The number of carbonyl (C=O) groups excluding carboxylic acids is 1. The van der Waals surface area contributed by atoms with Crippen molar-refractivity contribution in [1.29, 1.82) is 0 Å². The van der Waals surface area contributed by atoms with Crippen LogP contribution in [0.25, 0.3) is 5.82 Å². The molecular weight excluding hydrogens is 368 g/mol. The Hall–Kier alpha value is -3.42. The fourth-order valence-electron chi connectivity index (χ4n) is 3.37. The topological polar surface area (TPSA) is 85.2 Å². The molecule has 0 unspecified atom stereocenters. The SMILES string of the molecule is Cc1cc(C)cc(OCCNC(=O)C2CN(c3cc(-n4cccn4)ncn3)C2)c1. The molecular formula is C21H24N6O2. The Morgan fingerprint density at radius 3 is 2.62 bits per heavy atom. The molecule has 1 N–H and O–H groups in total. The highest BCUT2D eigenvalue weighted by molar-refractivity contribution is 5.81. The van der Waals surface area contributed by atoms with Gasteiger partial charge in [0.15, 0.2) is 5.82 Å². The molecule has 0 bridgehead atoms. The van der Waals surface area contributed by atoms with Gasteiger partial charge in [-0.25, -0.2) is 14.6 Å². The van der Waals surface area contributed by atoms with Gasteiger partial charge in [-0.15, -0.1) is 0 Å². The first-order valence-electron chi connectivity index (χ1n) is 9.64. The van der Waals surface area contributed by atoms with Gasteiger partial charge < -0.3 is 15.0 Å². The zero-order chi connectivity index (χ0) is 20.2. The smallest absolute Gasteiger partial charge is 0.226 e. The summed E-state index contributed by atoms with van der Waals surface area (Å²) in [4.78, 5) is 22.9. The summed E-state index contributed by atoms with van der Waals surface area (Å²) in [5.74, 6) is 2.35. The lowest BCUT2D eigenvalue weighted by Gasteiger charge is -2.39. The predicted molar refractivity (Wildman–Crippen MR) is 109 cm³/mol. The third-order valence-electron chi connectivity index (χ3n) is 4.82. The van der Waals surface area contributed by atoms with Crippen molar-refractivity contribution in [3.63, 3.8) is 0 Å². The molecule has 150 valence electrons. The molecule has 0 saturated carbocycles. The molecule has 8 heteroatoms. The Bertz CT molecular complexity index is 962. The van der Waals surface area contributed by atoms with E-state index < -0.39 is 0 Å². The zero-order valence-electron chi connectivity index (χ0n) is 16.6. The van der Waals surface area contributed by atoms with E-state index in [0.717, 1.165) is 11.6 Å². The lowest BCUT2D eigenvalue weighted by molar-refractivity contribution is -0.125. The molecule has 0 aliphatic carbocycles. The summed E-state index contributed by atoms with van der Waals surface area (Å²) >= 11 is 0. The van der Waals surface area contributed by atoms with E-state index in [9.17, 15) is 4.79 Å². The van der Waals surface area contributed by atoms with Crippen molar-refractivity contribution in [2.24, 2.45) is 5.92 Å². The van der Waals surface area contributed by atoms with Gasteiger partial charge >= 0.3 is 0 Å². The molecule has 1 saturated heterocycles. The number of hydrogen-bond acceptors (Lipinski definition) is 6. The van der Waals surface area contributed by atoms with Gasteiger partial charge in [-0.05, 0) is 43.2 Å². The number of hydrogen-bond donors (Lipinski definition) is 1. The number of benzene rings is 1. The van der Waals surface area contributed by atoms with E-state index in [4.69, 9.17) is 4.74 Å². The number of amides is 1. The van der Waals surface area contributed by atoms with Gasteiger partial charge in [0.1, 0.15) is 24.5 Å². The second-order valence-corrected chi connectivity index (χ2v) is 7.25. The van der Waals surface area contributed by atoms with Crippen LogP contribution in [0.3, 0.4) is 0 Å². The highest BCUT2D eigenvalue weighted by Crippen LogP contribution is 2.23. The van der Waals surface area contributed by atoms with Crippen LogP contribution in [0.15, 0.2) is 49.1 Å². The zero-order valence-corrected chi connectivity index (χ0v) is 16.6. The first-order chi connectivity index (χ1) is 14.1. The van der Waals surface area contributed by atoms with Crippen LogP contribution < -0.4 is 15.0 Å². The third kappa shape index (κ3) is 4.53. The fraction of sp³-hybridized carbons (Fsp3) is 0.333. The van der Waals surface area contributed by atoms with Crippen molar-refractivity contribution in [3.8, 4) is 11.6 Å². The Kier molecular flexibility index (Phi) is 5.41. The molecule has 3 aromatic rings. The number of rotatable bonds is 7. The fourth-order valence-corrected chi connectivity index (χ4v) is 3.37. The molecule has 0 spiro atoms. The van der Waals surface area contributed by atoms with E-state index in [1.165, 1.54) is 17.5 Å². The first-order valence-corrected chi connectivity index (χ1v) is 9.64. The number of anilines is 1. The number of aryl methyl sites for hydroxylation is 2. The maximum absolute atomic E-state index is 12.3. The van der Waals surface area contributed by atoms with E-state index in [0.29, 0.717) is 32.1 Å². The highest BCUT2D eigenvalue weighted by Gasteiger charge is 2.33. The molecule has 0 atom stereocenters. The average Bonchev–Trinajstić information content (AvgIpc) is 3.18. The number of ether oxygens (including phenoxy) is 1. The van der Waals surface area contributed by atoms with Crippen LogP contribution in [-0.2, 0) is 4.79 Å². The predicted octanol–water partition coefficient (Wildman–Crippen LogP) is 1.91. The minimum atomic E-state index is -0.0423. The maximum Gasteiger partial charge on any atom is 0.226 e. The van der Waals surface area contributed by atoms with Crippen LogP contribution in [0.5, 0.6) is 5.75 Å². The van der Waals surface area contributed by atoms with E-state index in [1.54, 1.807) is 10.9 Å². The van der Waals surface area contributed by atoms with Crippen molar-refractivity contribution in [1.82, 2.24) is 25.1 Å². The lowest BCUT2D eigenvalue weighted by Crippen LogP contribution is -2.54. The summed E-state index contributed by atoms with van der Waals surface area (Å²) in [6.07, 6.45) is 5.05. The monoisotopic (exact) mass is 392 g/mol. The van der Waals surface area contributed by atoms with Gasteiger partial charge in [-0.3, -0.25) is 4.79 Å². The van der Waals surface area contributed by atoms with E-state index >= 15 is 0 Å². The maximum atomic E-state index is 12.3. The molecule has 1 amide bonds. The molecule has 1 aliphatic rings. The molecule has 2 aromatic heterocycles. The highest BCUT2D eigenvalue weighted by atomic mass is 16.5. The van der Waals surface area contributed by atoms with Crippen LogP contribution in [0.2, 0.25) is 0 Å². The molecule has 0 radical (unpaired) electrons. The largest absolute Gasteiger partial charge is 0.492 e. The van der Waals surface area contributed by atoms with Gasteiger partial charge in [0.25, 0.3) is 0 Å². The van der Waals surface area contributed by atoms with Gasteiger partial charge in [0, 0.05) is 31.5 Å². The Morgan fingerprint density at radius 2 is 1.90 bits per heavy atom. The van der Waals surface area contributed by atoms with E-state index in [-0.39, 0.29) is 11.8 Å². The summed E-state index contributed by atoms with van der Waals surface area (Å²) < 4.78 is 7.42. The van der Waals surface area contributed by atoms with Crippen LogP contribution in [0.1, 0.15) is 11.1 Å². The molecule has 4 rings (SSSR count). The van der Waals surface area contributed by atoms with Crippen molar-refractivity contribution < 1.29 is 9.53 Å². The molecule has 29 heavy (non-hydrogen) atoms. The molecule has 1 aromatic carbocycles. The Labute approximate surface area is 169 Å². The minimum absolute atomic E-state index is 0.0423. The number of carbonyl (C=O) groups is 1. The Morgan fingerprint density at radius 1 is 1.14 bits per heavy atom. The van der Waals surface area contributed by atoms with Crippen molar-refractivity contribution >= 4 is 11.7 Å². The number of aromatic nitrogens is 4. The van der Waals surface area contributed by atoms with E-state index in [1.807, 2.05) is 44.3 Å². The molecule has 1 fully saturated rings. The van der Waals surface area contributed by atoms with Gasteiger partial charge in [-0.2, -0.15) is 5.10 Å². The normalized spacial score (nSPS) is 13.8. The van der Waals surface area contributed by atoms with Crippen molar-refractivity contribution in [2.75, 3.05) is 31.1 Å². The summed E-state index contributed by atoms with van der Waals surface area (Å²) in [6.45, 7) is 6.29. The van der Waals surface area contributed by atoms with E-state index in [2.05, 4.69) is 31.3 Å². The second kappa shape index (κ2) is 8.30. The van der Waals surface area contributed by atoms with Crippen LogP contribution in [-0.4, -0.2) is 51.9 Å². The third-order valence-corrected chi connectivity index (χ3v) is 4.82. The molecule has 1 aliphatic heterocycles. The molecule has 8 nitrogen and oxygen atoms in total. The first kappa shape index (κ1) is 18.9. The summed E-state index contributed by atoms with van der Waals surface area (Å²) in [5.41, 5.74) is 2.33. The van der Waals surface area contributed by atoms with Gasteiger partial charge in [0.2, 0.25) is 5.91 Å². The number of nitrogens with zero attached hydrogens (tertiary/aromatic N) is 5. The van der Waals surface area contributed by atoms with Crippen molar-refractivity contribution in [3.05, 3.63) is 60.2 Å². The van der Waals surface area contributed by atoms with Crippen LogP contribution in [0.4, 0.5) is 5.82 Å². The summed E-state index contributed by atoms with van der Waals surface area (Å²) in [5, 5.41) is 7.13. The molecule has 3 heterocycles. The Balaban J connectivity index is 1.22. The standard InChI is InChI=1S/C21H24N6O2/c1-15-8-16(2)10-18(9-15)29-7-5-22-21(28)17-12-26(13-17)19-11-20(24-14-23-19)27-6-3-4-25-27/h3-4,6,8-11,14,17H,5,7,12-13H2,1-2H3,(H,22,28). The van der Waals surface area contributed by atoms with Crippen LogP contribution >= 0.6 is 0 Å². The second-order valence-electron chi connectivity index (χ2n) is 7.25. The number of nitrogens with one attached hydrogen (secondary N) is 1. The van der Waals surface area contributed by atoms with Crippen LogP contribution in [0, 0.1) is 19.8 Å². The summed E-state index contributed by atoms with van der Waals surface area (Å²) in [7, 11) is 0. The van der Waals surface area contributed by atoms with Crippen molar-refractivity contribution in [2.45, 2.75) is 13.8 Å². The minimum Gasteiger partial charge on any atom is -0.492 e.